The summed E-state index contributed by atoms with van der Waals surface area (Å²) in [6, 6.07) is 9.93. The highest BCUT2D eigenvalue weighted by Crippen LogP contribution is 2.40. The van der Waals surface area contributed by atoms with Crippen LogP contribution in [-0.2, 0) is 0 Å². The van der Waals surface area contributed by atoms with Crippen LogP contribution in [0.1, 0.15) is 0 Å². The summed E-state index contributed by atoms with van der Waals surface area (Å²) in [6.45, 7) is 0. The fourth-order valence-electron chi connectivity index (χ4n) is 2.18. The van der Waals surface area contributed by atoms with E-state index in [2.05, 4.69) is 4.98 Å². The van der Waals surface area contributed by atoms with E-state index >= 15 is 0 Å². The highest BCUT2D eigenvalue weighted by Gasteiger charge is 2.24. The molecule has 1 heterocycles. The molecule has 2 aromatic carbocycles. The maximum absolute atomic E-state index is 11.3. The molecule has 7 nitrogen and oxygen atoms in total. The summed E-state index contributed by atoms with van der Waals surface area (Å²) in [4.78, 5) is 15.1. The van der Waals surface area contributed by atoms with Gasteiger partial charge in [-0.2, -0.15) is 0 Å². The molecule has 112 valence electrons. The van der Waals surface area contributed by atoms with Gasteiger partial charge in [-0.1, -0.05) is 12.1 Å². The van der Waals surface area contributed by atoms with Crippen molar-refractivity contribution < 1.29 is 18.8 Å². The quantitative estimate of drug-likeness (QED) is 0.542. The summed E-state index contributed by atoms with van der Waals surface area (Å²) in [5, 5.41) is 11.3. The number of rotatable bonds is 4. The van der Waals surface area contributed by atoms with Gasteiger partial charge in [-0.25, -0.2) is 4.98 Å². The topological polar surface area (TPSA) is 87.6 Å². The third-order valence-corrected chi connectivity index (χ3v) is 3.22. The fourth-order valence-corrected chi connectivity index (χ4v) is 2.18. The van der Waals surface area contributed by atoms with Gasteiger partial charge in [-0.15, -0.1) is 0 Å². The molecule has 1 aromatic heterocycles. The van der Waals surface area contributed by atoms with Crippen molar-refractivity contribution in [3.63, 3.8) is 0 Å². The molecule has 0 fully saturated rings. The van der Waals surface area contributed by atoms with Gasteiger partial charge in [0.05, 0.1) is 25.2 Å². The number of nitro benzene ring substituents is 1. The zero-order valence-electron chi connectivity index (χ0n) is 11.9. The average Bonchev–Trinajstić information content (AvgIpc) is 2.97. The molecule has 0 aliphatic rings. The van der Waals surface area contributed by atoms with Crippen LogP contribution < -0.4 is 9.47 Å². The van der Waals surface area contributed by atoms with Crippen molar-refractivity contribution in [3.8, 4) is 23.0 Å². The van der Waals surface area contributed by atoms with Gasteiger partial charge < -0.3 is 13.9 Å². The second kappa shape index (κ2) is 5.36. The number of nitro groups is 1. The number of hydrogen-bond acceptors (Lipinski definition) is 6. The molecule has 0 saturated carbocycles. The lowest BCUT2D eigenvalue weighted by Crippen LogP contribution is -1.97. The average molecular weight is 300 g/mol. The number of methoxy groups -OCH3 is 2. The molecule has 22 heavy (non-hydrogen) atoms. The lowest BCUT2D eigenvalue weighted by molar-refractivity contribution is -0.384. The van der Waals surface area contributed by atoms with Crippen molar-refractivity contribution in [2.45, 2.75) is 0 Å². The second-order valence-electron chi connectivity index (χ2n) is 4.47. The van der Waals surface area contributed by atoms with Crippen molar-refractivity contribution in [1.82, 2.24) is 4.98 Å². The summed E-state index contributed by atoms with van der Waals surface area (Å²) in [6.07, 6.45) is 0. The van der Waals surface area contributed by atoms with Gasteiger partial charge >= 0.3 is 0 Å². The number of nitrogens with zero attached hydrogens (tertiary/aromatic N) is 2. The number of ether oxygens (including phenoxy) is 2. The summed E-state index contributed by atoms with van der Waals surface area (Å²) in [7, 11) is 2.88. The van der Waals surface area contributed by atoms with Crippen LogP contribution >= 0.6 is 0 Å². The van der Waals surface area contributed by atoms with Gasteiger partial charge in [-0.05, 0) is 12.1 Å². The second-order valence-corrected chi connectivity index (χ2v) is 4.47. The lowest BCUT2D eigenvalue weighted by Gasteiger charge is -2.08. The summed E-state index contributed by atoms with van der Waals surface area (Å²) < 4.78 is 15.9. The van der Waals surface area contributed by atoms with Crippen LogP contribution in [0, 0.1) is 10.1 Å². The van der Waals surface area contributed by atoms with Gasteiger partial charge in [0.25, 0.3) is 5.69 Å². The number of fused-ring (bicyclic) bond motifs is 1. The summed E-state index contributed by atoms with van der Waals surface area (Å²) in [5.74, 6) is 0.799. The first-order valence-electron chi connectivity index (χ1n) is 6.40. The van der Waals surface area contributed by atoms with Crippen molar-refractivity contribution in [1.29, 1.82) is 0 Å². The van der Waals surface area contributed by atoms with Gasteiger partial charge in [0.1, 0.15) is 11.1 Å². The molecule has 0 saturated heterocycles. The van der Waals surface area contributed by atoms with Crippen LogP contribution in [0.25, 0.3) is 22.6 Å². The van der Waals surface area contributed by atoms with E-state index in [1.807, 2.05) is 6.07 Å². The normalized spacial score (nSPS) is 10.6. The maximum Gasteiger partial charge on any atom is 0.286 e. The Hall–Kier alpha value is -3.09. The molecule has 0 amide bonds. The fraction of sp³-hybridized carbons (Fsp3) is 0.133. The van der Waals surface area contributed by atoms with Crippen molar-refractivity contribution in [2.75, 3.05) is 14.2 Å². The van der Waals surface area contributed by atoms with E-state index in [4.69, 9.17) is 13.9 Å². The Kier molecular flexibility index (Phi) is 3.38. The first kappa shape index (κ1) is 13.9. The van der Waals surface area contributed by atoms with Crippen molar-refractivity contribution >= 4 is 16.8 Å². The Morgan fingerprint density at radius 1 is 1.14 bits per heavy atom. The number of benzene rings is 2. The Morgan fingerprint density at radius 2 is 1.82 bits per heavy atom. The molecular weight excluding hydrogens is 288 g/mol. The first-order chi connectivity index (χ1) is 10.6. The number of oxazole rings is 1. The van der Waals surface area contributed by atoms with E-state index in [-0.39, 0.29) is 22.9 Å². The van der Waals surface area contributed by atoms with E-state index in [1.165, 1.54) is 26.4 Å². The molecule has 0 aliphatic heterocycles. The highest BCUT2D eigenvalue weighted by molar-refractivity contribution is 5.79. The van der Waals surface area contributed by atoms with E-state index < -0.39 is 4.92 Å². The Morgan fingerprint density at radius 3 is 2.45 bits per heavy atom. The third kappa shape index (κ3) is 2.22. The van der Waals surface area contributed by atoms with Crippen molar-refractivity contribution in [3.05, 3.63) is 46.5 Å². The number of aromatic nitrogens is 1. The minimum absolute atomic E-state index is 0.161. The van der Waals surface area contributed by atoms with Crippen LogP contribution in [-0.4, -0.2) is 24.1 Å². The highest BCUT2D eigenvalue weighted by atomic mass is 16.6. The molecule has 0 unspecified atom stereocenters. The summed E-state index contributed by atoms with van der Waals surface area (Å²) >= 11 is 0. The van der Waals surface area contributed by atoms with Gasteiger partial charge in [0.15, 0.2) is 17.1 Å². The van der Waals surface area contributed by atoms with E-state index in [0.29, 0.717) is 16.8 Å². The van der Waals surface area contributed by atoms with Crippen LogP contribution in [0.2, 0.25) is 0 Å². The molecule has 3 rings (SSSR count). The zero-order valence-corrected chi connectivity index (χ0v) is 11.9. The lowest BCUT2D eigenvalue weighted by atomic mass is 10.1. The van der Waals surface area contributed by atoms with E-state index in [1.54, 1.807) is 18.2 Å². The molecular formula is C15H12N2O5. The first-order valence-corrected chi connectivity index (χ1v) is 6.40. The van der Waals surface area contributed by atoms with Crippen LogP contribution in [0.4, 0.5) is 5.69 Å². The standard InChI is InChI=1S/C15H12N2O5/c1-20-13-7-9(11(17(18)19)8-14(13)21-2)15-16-10-5-3-4-6-12(10)22-15/h3-8H,1-2H3. The zero-order chi connectivity index (χ0) is 15.7. The number of hydrogen-bond donors (Lipinski definition) is 0. The Labute approximate surface area is 125 Å². The molecule has 0 bridgehead atoms. The predicted molar refractivity (Wildman–Crippen MR) is 79.2 cm³/mol. The van der Waals surface area contributed by atoms with Gasteiger partial charge in [0.2, 0.25) is 5.89 Å². The third-order valence-electron chi connectivity index (χ3n) is 3.22. The number of para-hydroxylation sites is 2. The smallest absolute Gasteiger partial charge is 0.286 e. The molecule has 0 aliphatic carbocycles. The monoisotopic (exact) mass is 300 g/mol. The Bertz CT molecular complexity index is 823. The molecule has 7 heteroatoms. The molecule has 3 aromatic rings. The van der Waals surface area contributed by atoms with Crippen LogP contribution in [0.15, 0.2) is 40.8 Å². The maximum atomic E-state index is 11.3. The molecule has 0 atom stereocenters. The SMILES string of the molecule is COc1cc(-c2nc3ccccc3o2)c([N+](=O)[O-])cc1OC. The Balaban J connectivity index is 2.25. The summed E-state index contributed by atoms with van der Waals surface area (Å²) in [5.41, 5.74) is 1.26. The van der Waals surface area contributed by atoms with E-state index in [9.17, 15) is 10.1 Å². The molecule has 0 N–H and O–H groups in total. The minimum Gasteiger partial charge on any atom is -0.493 e. The largest absolute Gasteiger partial charge is 0.493 e. The van der Waals surface area contributed by atoms with Crippen LogP contribution in [0.3, 0.4) is 0 Å². The minimum atomic E-state index is -0.508. The van der Waals surface area contributed by atoms with Gasteiger partial charge in [0, 0.05) is 6.07 Å². The van der Waals surface area contributed by atoms with E-state index in [0.717, 1.165) is 0 Å². The van der Waals surface area contributed by atoms with Crippen LogP contribution in [0.5, 0.6) is 11.5 Å². The molecule has 0 spiro atoms. The van der Waals surface area contributed by atoms with Crippen molar-refractivity contribution in [2.24, 2.45) is 0 Å². The van der Waals surface area contributed by atoms with Gasteiger partial charge in [-0.3, -0.25) is 10.1 Å². The molecule has 0 radical (unpaired) electrons. The predicted octanol–water partition coefficient (Wildman–Crippen LogP) is 3.42.